The Hall–Kier alpha value is -3.18. The van der Waals surface area contributed by atoms with Gasteiger partial charge in [-0.2, -0.15) is 5.26 Å². The zero-order valence-corrected chi connectivity index (χ0v) is 19.0. The summed E-state index contributed by atoms with van der Waals surface area (Å²) in [7, 11) is 0. The largest absolute Gasteiger partial charge is 0.490 e. The van der Waals surface area contributed by atoms with Crippen molar-refractivity contribution < 1.29 is 14.3 Å². The number of rotatable bonds is 6. The highest BCUT2D eigenvalue weighted by Gasteiger charge is 2.25. The fraction of sp³-hybridized carbons (Fsp3) is 0.458. The lowest BCUT2D eigenvalue weighted by Crippen LogP contribution is -2.40. The standard InChI is InChI=1S/C24H26ClN5O3/c25-21-13-20(4-1-17(21)14-26)33-19-5-2-18(3-6-19)27-24(32)22-7-8-23(29-28-22)30-11-9-16(15-31)10-12-30/h1,4,7-8,13,15-16,18-19H,2-3,5-6,9-12H2,(H,27,32)/t18-,19-. The smallest absolute Gasteiger partial charge is 0.272 e. The lowest BCUT2D eigenvalue weighted by atomic mass is 9.93. The van der Waals surface area contributed by atoms with Gasteiger partial charge in [0.2, 0.25) is 0 Å². The summed E-state index contributed by atoms with van der Waals surface area (Å²) in [4.78, 5) is 25.6. The molecule has 2 aromatic rings. The Balaban J connectivity index is 1.24. The normalized spacial score (nSPS) is 21.2. The Bertz CT molecular complexity index is 1020. The molecule has 2 heterocycles. The molecule has 1 aromatic heterocycles. The minimum Gasteiger partial charge on any atom is -0.490 e. The van der Waals surface area contributed by atoms with Crippen molar-refractivity contribution in [2.75, 3.05) is 18.0 Å². The monoisotopic (exact) mass is 467 g/mol. The predicted octanol–water partition coefficient (Wildman–Crippen LogP) is 3.54. The van der Waals surface area contributed by atoms with Crippen molar-refractivity contribution in [3.8, 4) is 11.8 Å². The van der Waals surface area contributed by atoms with E-state index in [1.807, 2.05) is 12.1 Å². The highest BCUT2D eigenvalue weighted by molar-refractivity contribution is 6.31. The van der Waals surface area contributed by atoms with E-state index >= 15 is 0 Å². The van der Waals surface area contributed by atoms with Crippen LogP contribution in [0.2, 0.25) is 5.02 Å². The van der Waals surface area contributed by atoms with Gasteiger partial charge in [0.05, 0.1) is 16.7 Å². The average Bonchev–Trinajstić information content (AvgIpc) is 2.85. The number of anilines is 1. The number of ether oxygens (including phenoxy) is 1. The number of carbonyl (C=O) groups is 2. The lowest BCUT2D eigenvalue weighted by molar-refractivity contribution is -0.111. The molecule has 1 aliphatic carbocycles. The number of benzene rings is 1. The summed E-state index contributed by atoms with van der Waals surface area (Å²) in [5, 5.41) is 20.7. The van der Waals surface area contributed by atoms with Crippen LogP contribution in [0.3, 0.4) is 0 Å². The van der Waals surface area contributed by atoms with E-state index in [4.69, 9.17) is 21.6 Å². The molecule has 1 saturated heterocycles. The highest BCUT2D eigenvalue weighted by atomic mass is 35.5. The molecule has 33 heavy (non-hydrogen) atoms. The Morgan fingerprint density at radius 3 is 2.48 bits per heavy atom. The summed E-state index contributed by atoms with van der Waals surface area (Å²) in [6.45, 7) is 1.53. The molecule has 2 fully saturated rings. The van der Waals surface area contributed by atoms with Crippen LogP contribution in [0, 0.1) is 17.2 Å². The summed E-state index contributed by atoms with van der Waals surface area (Å²) in [5.74, 6) is 1.28. The van der Waals surface area contributed by atoms with Gasteiger partial charge in [-0.1, -0.05) is 11.6 Å². The summed E-state index contributed by atoms with van der Waals surface area (Å²) >= 11 is 6.08. The SMILES string of the molecule is N#Cc1ccc(O[C@H]2CC[C@H](NC(=O)c3ccc(N4CCC(C=O)CC4)nn3)CC2)cc1Cl. The van der Waals surface area contributed by atoms with Crippen LogP contribution in [-0.2, 0) is 4.79 Å². The zero-order chi connectivity index (χ0) is 23.2. The van der Waals surface area contributed by atoms with E-state index in [1.54, 1.807) is 24.3 Å². The molecule has 0 bridgehead atoms. The number of carbonyl (C=O) groups excluding carboxylic acids is 2. The van der Waals surface area contributed by atoms with Crippen molar-refractivity contribution in [1.29, 1.82) is 5.26 Å². The Morgan fingerprint density at radius 2 is 1.88 bits per heavy atom. The number of nitrogens with one attached hydrogen (secondary N) is 1. The van der Waals surface area contributed by atoms with E-state index in [-0.39, 0.29) is 24.0 Å². The molecule has 172 valence electrons. The maximum Gasteiger partial charge on any atom is 0.272 e. The first-order valence-corrected chi connectivity index (χ1v) is 11.6. The van der Waals surface area contributed by atoms with Crippen LogP contribution >= 0.6 is 11.6 Å². The minimum absolute atomic E-state index is 0.0459. The second kappa shape index (κ2) is 10.6. The van der Waals surface area contributed by atoms with Gasteiger partial charge >= 0.3 is 0 Å². The maximum atomic E-state index is 12.6. The molecule has 1 N–H and O–H groups in total. The molecule has 2 aliphatic rings. The van der Waals surface area contributed by atoms with Gasteiger partial charge < -0.3 is 19.7 Å². The molecular weight excluding hydrogens is 442 g/mol. The molecule has 8 nitrogen and oxygen atoms in total. The third kappa shape index (κ3) is 5.79. The topological polar surface area (TPSA) is 108 Å². The number of nitrogens with zero attached hydrogens (tertiary/aromatic N) is 4. The van der Waals surface area contributed by atoms with Crippen molar-refractivity contribution in [3.63, 3.8) is 0 Å². The Kier molecular flexibility index (Phi) is 7.40. The van der Waals surface area contributed by atoms with E-state index in [9.17, 15) is 9.59 Å². The Labute approximate surface area is 197 Å². The van der Waals surface area contributed by atoms with Crippen LogP contribution in [0.25, 0.3) is 0 Å². The second-order valence-corrected chi connectivity index (χ2v) is 8.96. The number of hydrogen-bond acceptors (Lipinski definition) is 7. The first-order chi connectivity index (χ1) is 16.1. The van der Waals surface area contributed by atoms with Crippen molar-refractivity contribution >= 4 is 29.6 Å². The van der Waals surface area contributed by atoms with Crippen molar-refractivity contribution in [3.05, 3.63) is 46.6 Å². The summed E-state index contributed by atoms with van der Waals surface area (Å²) in [6, 6.07) is 10.7. The number of nitriles is 1. The van der Waals surface area contributed by atoms with Crippen molar-refractivity contribution in [2.24, 2.45) is 5.92 Å². The second-order valence-electron chi connectivity index (χ2n) is 8.56. The van der Waals surface area contributed by atoms with Gasteiger partial charge in [-0.05, 0) is 62.8 Å². The number of aldehydes is 1. The van der Waals surface area contributed by atoms with Gasteiger partial charge in [0, 0.05) is 31.1 Å². The van der Waals surface area contributed by atoms with E-state index < -0.39 is 0 Å². The third-order valence-corrected chi connectivity index (χ3v) is 6.63. The molecule has 1 aliphatic heterocycles. The number of halogens is 1. The number of piperidine rings is 1. The summed E-state index contributed by atoms with van der Waals surface area (Å²) in [6.07, 6.45) is 5.93. The van der Waals surface area contributed by atoms with Gasteiger partial charge in [0.1, 0.15) is 18.1 Å². The lowest BCUT2D eigenvalue weighted by Gasteiger charge is -2.30. The van der Waals surface area contributed by atoms with Gasteiger partial charge in [-0.15, -0.1) is 10.2 Å². The summed E-state index contributed by atoms with van der Waals surface area (Å²) < 4.78 is 6.01. The molecule has 0 unspecified atom stereocenters. The van der Waals surface area contributed by atoms with Gasteiger partial charge in [0.25, 0.3) is 5.91 Å². The molecule has 1 aromatic carbocycles. The third-order valence-electron chi connectivity index (χ3n) is 6.31. The van der Waals surface area contributed by atoms with Crippen LogP contribution in [0.1, 0.15) is 54.6 Å². The van der Waals surface area contributed by atoms with Crippen LogP contribution in [0.5, 0.6) is 5.75 Å². The quantitative estimate of drug-likeness (QED) is 0.647. The predicted molar refractivity (Wildman–Crippen MR) is 123 cm³/mol. The van der Waals surface area contributed by atoms with E-state index in [1.165, 1.54) is 0 Å². The zero-order valence-electron chi connectivity index (χ0n) is 18.2. The molecule has 4 rings (SSSR count). The molecule has 0 spiro atoms. The van der Waals surface area contributed by atoms with E-state index in [2.05, 4.69) is 20.4 Å². The van der Waals surface area contributed by atoms with Crippen LogP contribution in [0.15, 0.2) is 30.3 Å². The van der Waals surface area contributed by atoms with E-state index in [0.29, 0.717) is 22.0 Å². The number of amides is 1. The van der Waals surface area contributed by atoms with Crippen molar-refractivity contribution in [1.82, 2.24) is 15.5 Å². The fourth-order valence-corrected chi connectivity index (χ4v) is 4.53. The summed E-state index contributed by atoms with van der Waals surface area (Å²) in [5.41, 5.74) is 0.723. The van der Waals surface area contributed by atoms with Gasteiger partial charge in [-0.3, -0.25) is 4.79 Å². The average molecular weight is 468 g/mol. The molecule has 1 saturated carbocycles. The first kappa shape index (κ1) is 23.0. The maximum absolute atomic E-state index is 12.6. The highest BCUT2D eigenvalue weighted by Crippen LogP contribution is 2.27. The van der Waals surface area contributed by atoms with Crippen molar-refractivity contribution in [2.45, 2.75) is 50.7 Å². The number of aromatic nitrogens is 2. The molecule has 0 atom stereocenters. The molecular formula is C24H26ClN5O3. The minimum atomic E-state index is -0.225. The van der Waals surface area contributed by atoms with Crippen LogP contribution < -0.4 is 15.0 Å². The van der Waals surface area contributed by atoms with Gasteiger partial charge in [-0.25, -0.2) is 0 Å². The Morgan fingerprint density at radius 1 is 1.12 bits per heavy atom. The molecule has 9 heteroatoms. The first-order valence-electron chi connectivity index (χ1n) is 11.3. The fourth-order valence-electron chi connectivity index (χ4n) is 4.32. The van der Waals surface area contributed by atoms with Gasteiger partial charge in [0.15, 0.2) is 11.5 Å². The van der Waals surface area contributed by atoms with E-state index in [0.717, 1.165) is 63.7 Å². The van der Waals surface area contributed by atoms with Crippen LogP contribution in [0.4, 0.5) is 5.82 Å². The number of hydrogen-bond donors (Lipinski definition) is 1. The molecule has 0 radical (unpaired) electrons. The molecule has 1 amide bonds. The van der Waals surface area contributed by atoms with Crippen LogP contribution in [-0.4, -0.2) is 47.6 Å².